The van der Waals surface area contributed by atoms with Crippen LogP contribution in [-0.2, 0) is 16.0 Å². The molecular formula is C24H24ClN3O2. The highest BCUT2D eigenvalue weighted by Gasteiger charge is 2.21. The lowest BCUT2D eigenvalue weighted by Crippen LogP contribution is -2.45. The largest absolute Gasteiger partial charge is 0.324 e. The fraction of sp³-hybridized carbons (Fsp3) is 0.167. The maximum atomic E-state index is 13.0. The van der Waals surface area contributed by atoms with Crippen molar-refractivity contribution >= 4 is 29.1 Å². The number of hydrogen-bond donors (Lipinski definition) is 3. The number of hydrogen-bond acceptors (Lipinski definition) is 3. The summed E-state index contributed by atoms with van der Waals surface area (Å²) in [5.41, 5.74) is 9.94. The summed E-state index contributed by atoms with van der Waals surface area (Å²) >= 11 is 5.88. The standard InChI is InChI=1S/C24H24ClN3O2/c1-16-12-17(2)14-21(13-16)26-24(30)23(19-6-4-3-5-7-19)28-27-22(29)15-18-8-10-20(25)11-9-18/h3-14,23,28H,15H2,1-2H3,(H,26,30)(H,27,29). The number of aryl methyl sites for hydroxylation is 2. The smallest absolute Gasteiger partial charge is 0.247 e. The minimum Gasteiger partial charge on any atom is -0.324 e. The molecule has 2 amide bonds. The summed E-state index contributed by atoms with van der Waals surface area (Å²) in [6, 6.07) is 21.4. The number of nitrogens with one attached hydrogen (secondary N) is 3. The molecule has 0 radical (unpaired) electrons. The first-order valence-corrected chi connectivity index (χ1v) is 10.0. The van der Waals surface area contributed by atoms with Crippen molar-refractivity contribution in [2.45, 2.75) is 26.3 Å². The maximum Gasteiger partial charge on any atom is 0.247 e. The highest BCUT2D eigenvalue weighted by Crippen LogP contribution is 2.18. The van der Waals surface area contributed by atoms with Gasteiger partial charge in [-0.05, 0) is 60.4 Å². The van der Waals surface area contributed by atoms with Crippen molar-refractivity contribution in [2.24, 2.45) is 0 Å². The van der Waals surface area contributed by atoms with Crippen LogP contribution in [0.3, 0.4) is 0 Å². The van der Waals surface area contributed by atoms with Gasteiger partial charge in [0.1, 0.15) is 6.04 Å². The van der Waals surface area contributed by atoms with Gasteiger partial charge in [-0.25, -0.2) is 5.43 Å². The fourth-order valence-electron chi connectivity index (χ4n) is 3.19. The molecule has 6 heteroatoms. The van der Waals surface area contributed by atoms with E-state index in [1.54, 1.807) is 24.3 Å². The number of amides is 2. The lowest BCUT2D eigenvalue weighted by molar-refractivity contribution is -0.123. The summed E-state index contributed by atoms with van der Waals surface area (Å²) in [5, 5.41) is 3.55. The second-order valence-corrected chi connectivity index (χ2v) is 7.64. The second kappa shape index (κ2) is 10.1. The van der Waals surface area contributed by atoms with E-state index in [-0.39, 0.29) is 18.2 Å². The Kier molecular flexibility index (Phi) is 7.22. The Morgan fingerprint density at radius 2 is 1.53 bits per heavy atom. The monoisotopic (exact) mass is 421 g/mol. The topological polar surface area (TPSA) is 70.2 Å². The van der Waals surface area contributed by atoms with Crippen LogP contribution in [0.5, 0.6) is 0 Å². The second-order valence-electron chi connectivity index (χ2n) is 7.21. The third kappa shape index (κ3) is 6.17. The lowest BCUT2D eigenvalue weighted by Gasteiger charge is -2.20. The summed E-state index contributed by atoms with van der Waals surface area (Å²) in [4.78, 5) is 25.4. The molecule has 1 atom stereocenters. The molecule has 154 valence electrons. The first kappa shape index (κ1) is 21.6. The summed E-state index contributed by atoms with van der Waals surface area (Å²) < 4.78 is 0. The average molecular weight is 422 g/mol. The molecule has 3 N–H and O–H groups in total. The van der Waals surface area contributed by atoms with Crippen LogP contribution in [0.15, 0.2) is 72.8 Å². The van der Waals surface area contributed by atoms with E-state index in [1.807, 2.05) is 62.4 Å². The first-order valence-electron chi connectivity index (χ1n) is 9.63. The predicted molar refractivity (Wildman–Crippen MR) is 120 cm³/mol. The molecule has 0 heterocycles. The minimum atomic E-state index is -0.749. The van der Waals surface area contributed by atoms with Gasteiger partial charge < -0.3 is 5.32 Å². The van der Waals surface area contributed by atoms with Crippen LogP contribution in [0.1, 0.15) is 28.3 Å². The van der Waals surface area contributed by atoms with Crippen molar-refractivity contribution in [3.8, 4) is 0 Å². The highest BCUT2D eigenvalue weighted by atomic mass is 35.5. The van der Waals surface area contributed by atoms with Crippen LogP contribution in [0.4, 0.5) is 5.69 Å². The van der Waals surface area contributed by atoms with E-state index in [9.17, 15) is 9.59 Å². The summed E-state index contributed by atoms with van der Waals surface area (Å²) in [6.45, 7) is 3.96. The molecule has 0 aliphatic rings. The predicted octanol–water partition coefficient (Wildman–Crippen LogP) is 4.50. The van der Waals surface area contributed by atoms with Gasteiger partial charge >= 0.3 is 0 Å². The molecule has 0 aliphatic carbocycles. The van der Waals surface area contributed by atoms with Crippen molar-refractivity contribution in [3.63, 3.8) is 0 Å². The number of carbonyl (C=O) groups is 2. The molecule has 30 heavy (non-hydrogen) atoms. The van der Waals surface area contributed by atoms with Gasteiger partial charge in [0.15, 0.2) is 0 Å². The third-order valence-electron chi connectivity index (χ3n) is 4.52. The summed E-state index contributed by atoms with van der Waals surface area (Å²) in [5.74, 6) is -0.518. The molecule has 3 rings (SSSR count). The van der Waals surface area contributed by atoms with Crippen molar-refractivity contribution in [2.75, 3.05) is 5.32 Å². The molecule has 0 bridgehead atoms. The lowest BCUT2D eigenvalue weighted by atomic mass is 10.1. The molecule has 0 fully saturated rings. The number of benzene rings is 3. The zero-order valence-corrected chi connectivity index (χ0v) is 17.7. The molecule has 3 aromatic rings. The SMILES string of the molecule is Cc1cc(C)cc(NC(=O)C(NNC(=O)Cc2ccc(Cl)cc2)c2ccccc2)c1. The maximum absolute atomic E-state index is 13.0. The molecule has 0 saturated heterocycles. The van der Waals surface area contributed by atoms with Crippen LogP contribution in [-0.4, -0.2) is 11.8 Å². The Morgan fingerprint density at radius 3 is 2.17 bits per heavy atom. The quantitative estimate of drug-likeness (QED) is 0.492. The molecule has 3 aromatic carbocycles. The van der Waals surface area contributed by atoms with Gasteiger partial charge in [0.2, 0.25) is 11.8 Å². The van der Waals surface area contributed by atoms with E-state index in [4.69, 9.17) is 11.6 Å². The van der Waals surface area contributed by atoms with Crippen LogP contribution < -0.4 is 16.2 Å². The van der Waals surface area contributed by atoms with Crippen LogP contribution in [0, 0.1) is 13.8 Å². The van der Waals surface area contributed by atoms with Gasteiger partial charge in [-0.3, -0.25) is 15.0 Å². The number of rotatable bonds is 7. The Balaban J connectivity index is 1.70. The molecule has 0 aliphatic heterocycles. The van der Waals surface area contributed by atoms with Gasteiger partial charge in [0.05, 0.1) is 6.42 Å². The van der Waals surface area contributed by atoms with Crippen molar-refractivity contribution in [1.82, 2.24) is 10.9 Å². The average Bonchev–Trinajstić information content (AvgIpc) is 2.70. The Morgan fingerprint density at radius 1 is 0.900 bits per heavy atom. The van der Waals surface area contributed by atoms with Crippen molar-refractivity contribution in [3.05, 3.63) is 100 Å². The fourth-order valence-corrected chi connectivity index (χ4v) is 3.32. The molecule has 5 nitrogen and oxygen atoms in total. The third-order valence-corrected chi connectivity index (χ3v) is 4.77. The van der Waals surface area contributed by atoms with E-state index >= 15 is 0 Å². The highest BCUT2D eigenvalue weighted by molar-refractivity contribution is 6.30. The number of hydrazine groups is 1. The molecule has 1 unspecified atom stereocenters. The van der Waals surface area contributed by atoms with Crippen LogP contribution in [0.25, 0.3) is 0 Å². The van der Waals surface area contributed by atoms with E-state index < -0.39 is 6.04 Å². The van der Waals surface area contributed by atoms with Crippen molar-refractivity contribution < 1.29 is 9.59 Å². The zero-order chi connectivity index (χ0) is 21.5. The number of anilines is 1. The zero-order valence-electron chi connectivity index (χ0n) is 16.9. The Bertz CT molecular complexity index is 1000. The van der Waals surface area contributed by atoms with Gasteiger partial charge in [-0.1, -0.05) is 60.1 Å². The van der Waals surface area contributed by atoms with E-state index in [2.05, 4.69) is 16.2 Å². The first-order chi connectivity index (χ1) is 14.4. The van der Waals surface area contributed by atoms with Gasteiger partial charge in [0, 0.05) is 10.7 Å². The Hall–Kier alpha value is -3.15. The van der Waals surface area contributed by atoms with E-state index in [0.717, 1.165) is 22.3 Å². The molecule has 0 saturated carbocycles. The van der Waals surface area contributed by atoms with Gasteiger partial charge in [-0.2, -0.15) is 0 Å². The van der Waals surface area contributed by atoms with E-state index in [1.165, 1.54) is 0 Å². The number of halogens is 1. The summed E-state index contributed by atoms with van der Waals surface area (Å²) in [7, 11) is 0. The van der Waals surface area contributed by atoms with E-state index in [0.29, 0.717) is 10.7 Å². The van der Waals surface area contributed by atoms with Crippen LogP contribution >= 0.6 is 11.6 Å². The van der Waals surface area contributed by atoms with Crippen LogP contribution in [0.2, 0.25) is 5.02 Å². The molecule has 0 spiro atoms. The Labute approximate surface area is 181 Å². The summed E-state index contributed by atoms with van der Waals surface area (Å²) in [6.07, 6.45) is 0.171. The minimum absolute atomic E-state index is 0.171. The van der Waals surface area contributed by atoms with Gasteiger partial charge in [0.25, 0.3) is 0 Å². The molecule has 0 aromatic heterocycles. The molecular weight excluding hydrogens is 398 g/mol. The van der Waals surface area contributed by atoms with Gasteiger partial charge in [-0.15, -0.1) is 0 Å². The normalized spacial score (nSPS) is 11.6. The number of carbonyl (C=O) groups excluding carboxylic acids is 2. The van der Waals surface area contributed by atoms with Crippen molar-refractivity contribution in [1.29, 1.82) is 0 Å².